The minimum Gasteiger partial charge on any atom is -0.497 e. The minimum atomic E-state index is -0.201. The smallest absolute Gasteiger partial charge is 0.194 e. The summed E-state index contributed by atoms with van der Waals surface area (Å²) in [6.07, 6.45) is 1.58. The van der Waals surface area contributed by atoms with Crippen LogP contribution in [0.2, 0.25) is 0 Å². The quantitative estimate of drug-likeness (QED) is 0.390. The summed E-state index contributed by atoms with van der Waals surface area (Å²) in [5, 5.41) is 0. The second kappa shape index (κ2) is 7.16. The molecule has 0 N–H and O–H groups in total. The van der Waals surface area contributed by atoms with E-state index in [-0.39, 0.29) is 11.6 Å². The summed E-state index contributed by atoms with van der Waals surface area (Å²) in [4.78, 5) is 25.9. The SMILES string of the molecule is COc1ccc(C(=O)C=C2c3ccccc3C(=O)c3ccccc32)c(OC)c1. The van der Waals surface area contributed by atoms with Crippen molar-refractivity contribution < 1.29 is 19.1 Å². The van der Waals surface area contributed by atoms with Gasteiger partial charge in [-0.2, -0.15) is 0 Å². The summed E-state index contributed by atoms with van der Waals surface area (Å²) in [5.74, 6) is 0.820. The number of hydrogen-bond donors (Lipinski definition) is 0. The van der Waals surface area contributed by atoms with Crippen LogP contribution in [0.4, 0.5) is 0 Å². The standard InChI is InChI=1S/C24H18O4/c1-27-15-11-12-20(23(13-15)28-2)22(25)14-21-16-7-3-5-9-18(16)24(26)19-10-6-4-8-17(19)21/h3-14H,1-2H3. The molecule has 0 bridgehead atoms. The number of benzene rings is 3. The first-order chi connectivity index (χ1) is 13.6. The second-order valence-corrected chi connectivity index (χ2v) is 6.41. The Hall–Kier alpha value is -3.66. The lowest BCUT2D eigenvalue weighted by Gasteiger charge is -2.21. The van der Waals surface area contributed by atoms with Crippen molar-refractivity contribution in [2.75, 3.05) is 14.2 Å². The van der Waals surface area contributed by atoms with Crippen LogP contribution in [0.3, 0.4) is 0 Å². The van der Waals surface area contributed by atoms with E-state index in [1.165, 1.54) is 7.11 Å². The molecule has 0 spiro atoms. The molecule has 0 saturated heterocycles. The lowest BCUT2D eigenvalue weighted by molar-refractivity contribution is 0.102. The Morgan fingerprint density at radius 2 is 1.36 bits per heavy atom. The molecule has 0 atom stereocenters. The van der Waals surface area contributed by atoms with Gasteiger partial charge in [-0.25, -0.2) is 0 Å². The van der Waals surface area contributed by atoms with Crippen LogP contribution in [0, 0.1) is 0 Å². The molecule has 3 aromatic rings. The van der Waals surface area contributed by atoms with Crippen molar-refractivity contribution in [1.29, 1.82) is 0 Å². The molecule has 0 saturated carbocycles. The predicted molar refractivity (Wildman–Crippen MR) is 107 cm³/mol. The van der Waals surface area contributed by atoms with Crippen molar-refractivity contribution in [2.24, 2.45) is 0 Å². The molecule has 4 nitrogen and oxygen atoms in total. The summed E-state index contributed by atoms with van der Waals surface area (Å²) in [6.45, 7) is 0. The van der Waals surface area contributed by atoms with E-state index < -0.39 is 0 Å². The molecule has 1 aliphatic rings. The van der Waals surface area contributed by atoms with E-state index in [2.05, 4.69) is 0 Å². The zero-order chi connectivity index (χ0) is 19.7. The molecular formula is C24H18O4. The molecule has 1 aliphatic carbocycles. The van der Waals surface area contributed by atoms with Gasteiger partial charge in [-0.05, 0) is 34.9 Å². The average molecular weight is 370 g/mol. The molecule has 0 amide bonds. The number of methoxy groups -OCH3 is 2. The summed E-state index contributed by atoms with van der Waals surface area (Å²) in [7, 11) is 3.08. The molecule has 0 aliphatic heterocycles. The predicted octanol–water partition coefficient (Wildman–Crippen LogP) is 4.56. The van der Waals surface area contributed by atoms with Crippen molar-refractivity contribution in [3.63, 3.8) is 0 Å². The van der Waals surface area contributed by atoms with E-state index in [1.807, 2.05) is 36.4 Å². The number of rotatable bonds is 4. The van der Waals surface area contributed by atoms with Gasteiger partial charge in [0, 0.05) is 17.2 Å². The van der Waals surface area contributed by atoms with Gasteiger partial charge in [0.15, 0.2) is 11.6 Å². The number of carbonyl (C=O) groups is 2. The van der Waals surface area contributed by atoms with Gasteiger partial charge < -0.3 is 9.47 Å². The Bertz CT molecular complexity index is 1070. The molecule has 28 heavy (non-hydrogen) atoms. The van der Waals surface area contributed by atoms with Gasteiger partial charge in [0.25, 0.3) is 0 Å². The van der Waals surface area contributed by atoms with Gasteiger partial charge >= 0.3 is 0 Å². The molecule has 0 aromatic heterocycles. The van der Waals surface area contributed by atoms with Crippen LogP contribution in [0.25, 0.3) is 5.57 Å². The van der Waals surface area contributed by atoms with Gasteiger partial charge in [0.2, 0.25) is 0 Å². The lowest BCUT2D eigenvalue weighted by atomic mass is 9.80. The maximum Gasteiger partial charge on any atom is 0.194 e. The zero-order valence-corrected chi connectivity index (χ0v) is 15.6. The van der Waals surface area contributed by atoms with Crippen LogP contribution in [-0.2, 0) is 0 Å². The highest BCUT2D eigenvalue weighted by atomic mass is 16.5. The summed E-state index contributed by atoms with van der Waals surface area (Å²) < 4.78 is 10.6. The van der Waals surface area contributed by atoms with Crippen molar-refractivity contribution in [3.05, 3.63) is 101 Å². The number of ketones is 2. The molecule has 0 fully saturated rings. The van der Waals surface area contributed by atoms with E-state index in [0.717, 1.165) is 16.7 Å². The van der Waals surface area contributed by atoms with Crippen molar-refractivity contribution in [3.8, 4) is 11.5 Å². The Morgan fingerprint density at radius 1 is 0.786 bits per heavy atom. The van der Waals surface area contributed by atoms with Crippen LogP contribution < -0.4 is 9.47 Å². The van der Waals surface area contributed by atoms with Gasteiger partial charge in [0.05, 0.1) is 19.8 Å². The molecule has 4 heteroatoms. The monoisotopic (exact) mass is 370 g/mol. The lowest BCUT2D eigenvalue weighted by Crippen LogP contribution is -2.15. The van der Waals surface area contributed by atoms with Gasteiger partial charge in [0.1, 0.15) is 11.5 Å². The number of ether oxygens (including phenoxy) is 2. The largest absolute Gasteiger partial charge is 0.497 e. The first kappa shape index (κ1) is 17.7. The highest BCUT2D eigenvalue weighted by Gasteiger charge is 2.27. The molecular weight excluding hydrogens is 352 g/mol. The molecule has 138 valence electrons. The van der Waals surface area contributed by atoms with Gasteiger partial charge in [-0.15, -0.1) is 0 Å². The summed E-state index contributed by atoms with van der Waals surface area (Å²) >= 11 is 0. The summed E-state index contributed by atoms with van der Waals surface area (Å²) in [5.41, 5.74) is 3.87. The number of fused-ring (bicyclic) bond motifs is 2. The van der Waals surface area contributed by atoms with E-state index in [1.54, 1.807) is 43.5 Å². The fraction of sp³-hybridized carbons (Fsp3) is 0.0833. The molecule has 0 heterocycles. The van der Waals surface area contributed by atoms with Crippen LogP contribution in [0.5, 0.6) is 11.5 Å². The average Bonchev–Trinajstić information content (AvgIpc) is 2.76. The summed E-state index contributed by atoms with van der Waals surface area (Å²) in [6, 6.07) is 19.8. The topological polar surface area (TPSA) is 52.6 Å². The highest BCUT2D eigenvalue weighted by Crippen LogP contribution is 2.36. The number of allylic oxidation sites excluding steroid dienone is 1. The maximum absolute atomic E-state index is 13.1. The normalized spacial score (nSPS) is 12.1. The molecule has 0 unspecified atom stereocenters. The Morgan fingerprint density at radius 3 is 1.89 bits per heavy atom. The molecule has 3 aromatic carbocycles. The van der Waals surface area contributed by atoms with E-state index in [0.29, 0.717) is 28.2 Å². The highest BCUT2D eigenvalue weighted by molar-refractivity contribution is 6.21. The van der Waals surface area contributed by atoms with Crippen LogP contribution in [0.15, 0.2) is 72.8 Å². The van der Waals surface area contributed by atoms with Gasteiger partial charge in [-0.1, -0.05) is 48.5 Å². The van der Waals surface area contributed by atoms with E-state index in [9.17, 15) is 9.59 Å². The van der Waals surface area contributed by atoms with Crippen molar-refractivity contribution in [2.45, 2.75) is 0 Å². The number of carbonyl (C=O) groups excluding carboxylic acids is 2. The maximum atomic E-state index is 13.1. The number of hydrogen-bond acceptors (Lipinski definition) is 4. The van der Waals surface area contributed by atoms with E-state index in [4.69, 9.17) is 9.47 Å². The second-order valence-electron chi connectivity index (χ2n) is 6.41. The van der Waals surface area contributed by atoms with Crippen molar-refractivity contribution in [1.82, 2.24) is 0 Å². The Balaban J connectivity index is 1.88. The van der Waals surface area contributed by atoms with Crippen LogP contribution in [0.1, 0.15) is 37.4 Å². The Labute approximate surface area is 163 Å². The fourth-order valence-electron chi connectivity index (χ4n) is 3.49. The fourth-order valence-corrected chi connectivity index (χ4v) is 3.49. The third-order valence-electron chi connectivity index (χ3n) is 4.87. The van der Waals surface area contributed by atoms with Crippen LogP contribution in [-0.4, -0.2) is 25.8 Å². The zero-order valence-electron chi connectivity index (χ0n) is 15.6. The first-order valence-electron chi connectivity index (χ1n) is 8.85. The minimum absolute atomic E-state index is 0.0298. The Kier molecular flexibility index (Phi) is 4.53. The molecule has 4 rings (SSSR count). The third-order valence-corrected chi connectivity index (χ3v) is 4.87. The first-order valence-corrected chi connectivity index (χ1v) is 8.85. The third kappa shape index (κ3) is 2.89. The molecule has 0 radical (unpaired) electrons. The van der Waals surface area contributed by atoms with Crippen molar-refractivity contribution >= 4 is 17.1 Å². The van der Waals surface area contributed by atoms with Crippen LogP contribution >= 0.6 is 0 Å². The van der Waals surface area contributed by atoms with E-state index >= 15 is 0 Å². The van der Waals surface area contributed by atoms with Gasteiger partial charge in [-0.3, -0.25) is 9.59 Å².